The van der Waals surface area contributed by atoms with E-state index in [9.17, 15) is 0 Å². The van der Waals surface area contributed by atoms with Crippen molar-refractivity contribution in [3.05, 3.63) is 97.7 Å². The lowest BCUT2D eigenvalue weighted by Crippen LogP contribution is -3.00. The molecular weight excluding hydrogens is 366 g/mol. The number of nitrogens with one attached hydrogen (secondary N) is 1. The minimum atomic E-state index is 0. The topological polar surface area (TPSA) is 24.1 Å². The summed E-state index contributed by atoms with van der Waals surface area (Å²) in [4.78, 5) is 3.59. The first kappa shape index (κ1) is 18.1. The predicted molar refractivity (Wildman–Crippen MR) is 111 cm³/mol. The summed E-state index contributed by atoms with van der Waals surface area (Å²) in [6.45, 7) is 4.68. The molecule has 3 nitrogen and oxygen atoms in total. The summed E-state index contributed by atoms with van der Waals surface area (Å²) in [6.07, 6.45) is 4.11. The van der Waals surface area contributed by atoms with Crippen LogP contribution in [0.15, 0.2) is 97.7 Å². The van der Waals surface area contributed by atoms with Crippen LogP contribution in [0.25, 0.3) is 39.2 Å². The first-order valence-corrected chi connectivity index (χ1v) is 9.13. The summed E-state index contributed by atoms with van der Waals surface area (Å²) in [5.74, 6) is 1.07. The van der Waals surface area contributed by atoms with Crippen LogP contribution < -0.4 is 17.0 Å². The lowest BCUT2D eigenvalue weighted by atomic mass is 10.0. The molecule has 28 heavy (non-hydrogen) atoms. The van der Waals surface area contributed by atoms with Crippen LogP contribution in [-0.2, 0) is 6.54 Å². The molecule has 0 aliphatic rings. The van der Waals surface area contributed by atoms with Crippen molar-refractivity contribution in [3.63, 3.8) is 0 Å². The number of fused-ring (bicyclic) bond motifs is 3. The average Bonchev–Trinajstić information content (AvgIpc) is 3.28. The van der Waals surface area contributed by atoms with Crippen LogP contribution in [0.4, 0.5) is 0 Å². The third-order valence-corrected chi connectivity index (χ3v) is 5.04. The number of H-pyrrole nitrogens is 1. The van der Waals surface area contributed by atoms with E-state index in [1.165, 1.54) is 27.7 Å². The van der Waals surface area contributed by atoms with Crippen LogP contribution in [0, 0.1) is 0 Å². The zero-order chi connectivity index (χ0) is 18.2. The van der Waals surface area contributed by atoms with Crippen LogP contribution in [0.5, 0.6) is 0 Å². The van der Waals surface area contributed by atoms with Crippen LogP contribution >= 0.6 is 0 Å². The molecule has 3 aromatic carbocycles. The van der Waals surface area contributed by atoms with Crippen LogP contribution in [-0.4, -0.2) is 9.38 Å². The Morgan fingerprint density at radius 2 is 1.46 bits per heavy atom. The average molecular weight is 386 g/mol. The molecule has 0 unspecified atom stereocenters. The maximum atomic E-state index is 3.91. The third-order valence-electron chi connectivity index (χ3n) is 5.04. The quantitative estimate of drug-likeness (QED) is 0.362. The van der Waals surface area contributed by atoms with Crippen LogP contribution in [0.3, 0.4) is 0 Å². The largest absolute Gasteiger partial charge is 1.00 e. The lowest BCUT2D eigenvalue weighted by Gasteiger charge is -2.02. The van der Waals surface area contributed by atoms with Crippen molar-refractivity contribution in [1.29, 1.82) is 0 Å². The molecule has 2 aromatic heterocycles. The van der Waals surface area contributed by atoms with Gasteiger partial charge in [-0.2, -0.15) is 4.40 Å². The molecule has 1 N–H and O–H groups in total. The molecule has 0 radical (unpaired) electrons. The van der Waals surface area contributed by atoms with E-state index in [1.54, 1.807) is 0 Å². The summed E-state index contributed by atoms with van der Waals surface area (Å²) in [7, 11) is 0. The maximum absolute atomic E-state index is 3.91. The van der Waals surface area contributed by atoms with Crippen LogP contribution in [0.1, 0.15) is 0 Å². The Morgan fingerprint density at radius 3 is 2.21 bits per heavy atom. The van der Waals surface area contributed by atoms with Crippen molar-refractivity contribution in [1.82, 2.24) is 9.38 Å². The van der Waals surface area contributed by atoms with Gasteiger partial charge in [0.15, 0.2) is 0 Å². The lowest BCUT2D eigenvalue weighted by molar-refractivity contribution is -0.636. The minimum absolute atomic E-state index is 0. The van der Waals surface area contributed by atoms with E-state index in [2.05, 4.69) is 99.5 Å². The third kappa shape index (κ3) is 2.90. The number of benzene rings is 3. The van der Waals surface area contributed by atoms with Gasteiger partial charge in [0.05, 0.1) is 6.54 Å². The number of hydrogen-bond donors (Lipinski definition) is 1. The number of aromatic amines is 1. The molecule has 0 bridgehead atoms. The van der Waals surface area contributed by atoms with Gasteiger partial charge in [-0.3, -0.25) is 0 Å². The molecule has 138 valence electrons. The van der Waals surface area contributed by atoms with Gasteiger partial charge >= 0.3 is 5.78 Å². The van der Waals surface area contributed by atoms with E-state index in [-0.39, 0.29) is 12.4 Å². The number of nitrogens with zero attached hydrogens (tertiary/aromatic N) is 2. The maximum Gasteiger partial charge on any atom is 0.368 e. The number of hydrogen-bond acceptors (Lipinski definition) is 0. The Labute approximate surface area is 170 Å². The van der Waals surface area contributed by atoms with Gasteiger partial charge in [-0.1, -0.05) is 79.4 Å². The van der Waals surface area contributed by atoms with Crippen molar-refractivity contribution >= 4 is 16.8 Å². The summed E-state index contributed by atoms with van der Waals surface area (Å²) in [6, 6.07) is 27.6. The second-order valence-corrected chi connectivity index (χ2v) is 6.69. The molecule has 0 spiro atoms. The van der Waals surface area contributed by atoms with Crippen molar-refractivity contribution in [2.24, 2.45) is 0 Å². The Morgan fingerprint density at radius 1 is 0.821 bits per heavy atom. The number of para-hydroxylation sites is 2. The monoisotopic (exact) mass is 385 g/mol. The Bertz CT molecular complexity index is 1250. The number of rotatable bonds is 4. The van der Waals surface area contributed by atoms with Gasteiger partial charge < -0.3 is 12.4 Å². The number of allylic oxidation sites excluding steroid dienone is 1. The second-order valence-electron chi connectivity index (χ2n) is 6.69. The minimum Gasteiger partial charge on any atom is -1.00 e. The summed E-state index contributed by atoms with van der Waals surface area (Å²) in [5, 5.41) is 0. The SMILES string of the molecule is C=CC[n+]1c2ccccc2n2cc(-c3ccc(-c4ccccc4)cc3)[nH]c21.[Cl-]. The van der Waals surface area contributed by atoms with Gasteiger partial charge in [-0.25, -0.2) is 9.55 Å². The predicted octanol–water partition coefficient (Wildman–Crippen LogP) is 2.23. The fourth-order valence-corrected chi connectivity index (χ4v) is 3.73. The Hall–Kier alpha value is -3.30. The first-order chi connectivity index (χ1) is 13.3. The molecule has 0 aliphatic carbocycles. The Balaban J connectivity index is 0.00000192. The molecule has 4 heteroatoms. The highest BCUT2D eigenvalue weighted by Gasteiger charge is 2.20. The van der Waals surface area contributed by atoms with Gasteiger partial charge in [0.2, 0.25) is 0 Å². The number of aromatic nitrogens is 3. The molecule has 5 rings (SSSR count). The van der Waals surface area contributed by atoms with E-state index in [0.29, 0.717) is 0 Å². The highest BCUT2D eigenvalue weighted by Crippen LogP contribution is 2.25. The molecule has 0 saturated heterocycles. The first-order valence-electron chi connectivity index (χ1n) is 9.13. The molecule has 0 aliphatic heterocycles. The number of imidazole rings is 2. The number of halogens is 1. The zero-order valence-electron chi connectivity index (χ0n) is 15.3. The Kier molecular flexibility index (Phi) is 4.76. The molecule has 0 saturated carbocycles. The van der Waals surface area contributed by atoms with E-state index in [4.69, 9.17) is 0 Å². The van der Waals surface area contributed by atoms with E-state index in [0.717, 1.165) is 18.0 Å². The van der Waals surface area contributed by atoms with Gasteiger partial charge in [0.1, 0.15) is 22.9 Å². The normalized spacial score (nSPS) is 10.9. The van der Waals surface area contributed by atoms with Gasteiger partial charge in [0.25, 0.3) is 0 Å². The molecule has 2 heterocycles. The van der Waals surface area contributed by atoms with Gasteiger partial charge in [-0.15, -0.1) is 0 Å². The molecule has 0 amide bonds. The summed E-state index contributed by atoms with van der Waals surface area (Å²) >= 11 is 0. The molecule has 0 atom stereocenters. The molecule has 5 aromatic rings. The van der Waals surface area contributed by atoms with Crippen LogP contribution in [0.2, 0.25) is 0 Å². The highest BCUT2D eigenvalue weighted by molar-refractivity contribution is 5.77. The fraction of sp³-hybridized carbons (Fsp3) is 0.0417. The van der Waals surface area contributed by atoms with E-state index in [1.807, 2.05) is 12.1 Å². The van der Waals surface area contributed by atoms with Gasteiger partial charge in [0, 0.05) is 5.56 Å². The standard InChI is InChI=1S/C24H19N3.ClH/c1-2-16-26-22-10-6-7-11-23(22)27-17-21(25-24(26)27)20-14-12-19(13-15-20)18-8-4-3-5-9-18;/h2-15,17H,1,16H2;1H. The summed E-state index contributed by atoms with van der Waals surface area (Å²) in [5.41, 5.74) is 7.14. The van der Waals surface area contributed by atoms with E-state index >= 15 is 0 Å². The van der Waals surface area contributed by atoms with Crippen molar-refractivity contribution in [2.75, 3.05) is 0 Å². The van der Waals surface area contributed by atoms with Crippen molar-refractivity contribution in [2.45, 2.75) is 6.54 Å². The highest BCUT2D eigenvalue weighted by atomic mass is 35.5. The second kappa shape index (κ2) is 7.37. The van der Waals surface area contributed by atoms with E-state index < -0.39 is 0 Å². The van der Waals surface area contributed by atoms with Crippen molar-refractivity contribution < 1.29 is 17.0 Å². The molecular formula is C24H20ClN3. The zero-order valence-corrected chi connectivity index (χ0v) is 16.1. The van der Waals surface area contributed by atoms with Gasteiger partial charge in [-0.05, 0) is 23.3 Å². The molecule has 0 fully saturated rings. The smallest absolute Gasteiger partial charge is 0.368 e. The fourth-order valence-electron chi connectivity index (χ4n) is 3.73. The van der Waals surface area contributed by atoms with Crippen molar-refractivity contribution in [3.8, 4) is 22.4 Å². The summed E-state index contributed by atoms with van der Waals surface area (Å²) < 4.78 is 4.48.